The summed E-state index contributed by atoms with van der Waals surface area (Å²) in [5, 5.41) is 3.58. The minimum absolute atomic E-state index is 0.250. The fourth-order valence-corrected chi connectivity index (χ4v) is 2.16. The first-order chi connectivity index (χ1) is 7.64. The number of nitrogens with zero attached hydrogens (tertiary/aromatic N) is 1. The Hall–Kier alpha value is -0.120. The van der Waals surface area contributed by atoms with Gasteiger partial charge in [0.1, 0.15) is 0 Å². The van der Waals surface area contributed by atoms with E-state index in [1.54, 1.807) is 0 Å². The topological polar surface area (TPSA) is 24.5 Å². The standard InChI is InChI=1S/C13H28N2O/c1-4-5-10-16-11-9-15-8-6-7-14-13(2,3)12-15/h14H,4-12H2,1-3H3. The van der Waals surface area contributed by atoms with Crippen molar-refractivity contribution < 1.29 is 4.74 Å². The molecule has 3 nitrogen and oxygen atoms in total. The molecule has 1 aliphatic heterocycles. The average molecular weight is 228 g/mol. The van der Waals surface area contributed by atoms with Gasteiger partial charge in [-0.15, -0.1) is 0 Å². The summed E-state index contributed by atoms with van der Waals surface area (Å²) >= 11 is 0. The molecule has 0 atom stereocenters. The quantitative estimate of drug-likeness (QED) is 0.703. The van der Waals surface area contributed by atoms with E-state index in [1.165, 1.54) is 25.8 Å². The molecule has 0 unspecified atom stereocenters. The highest BCUT2D eigenvalue weighted by atomic mass is 16.5. The van der Waals surface area contributed by atoms with Gasteiger partial charge < -0.3 is 10.1 Å². The lowest BCUT2D eigenvalue weighted by atomic mass is 10.1. The second-order valence-electron chi connectivity index (χ2n) is 5.41. The SMILES string of the molecule is CCCCOCCN1CCCNC(C)(C)C1. The summed E-state index contributed by atoms with van der Waals surface area (Å²) in [6.45, 7) is 13.1. The van der Waals surface area contributed by atoms with E-state index in [2.05, 4.69) is 31.0 Å². The van der Waals surface area contributed by atoms with Gasteiger partial charge in [-0.1, -0.05) is 13.3 Å². The number of ether oxygens (including phenoxy) is 1. The largest absolute Gasteiger partial charge is 0.380 e. The molecule has 0 aromatic carbocycles. The normalized spacial score (nSPS) is 21.9. The van der Waals surface area contributed by atoms with Crippen LogP contribution in [0.3, 0.4) is 0 Å². The Morgan fingerprint density at radius 1 is 1.31 bits per heavy atom. The van der Waals surface area contributed by atoms with Gasteiger partial charge in [0.25, 0.3) is 0 Å². The van der Waals surface area contributed by atoms with Gasteiger partial charge >= 0.3 is 0 Å². The first-order valence-electron chi connectivity index (χ1n) is 6.69. The first kappa shape index (κ1) is 13.9. The smallest absolute Gasteiger partial charge is 0.0593 e. The highest BCUT2D eigenvalue weighted by Gasteiger charge is 2.23. The van der Waals surface area contributed by atoms with Crippen LogP contribution in [0.2, 0.25) is 0 Å². The zero-order valence-corrected chi connectivity index (χ0v) is 11.2. The van der Waals surface area contributed by atoms with Crippen LogP contribution in [-0.2, 0) is 4.74 Å². The molecule has 0 aliphatic carbocycles. The van der Waals surface area contributed by atoms with Crippen LogP contribution >= 0.6 is 0 Å². The Balaban J connectivity index is 2.14. The zero-order chi connectivity index (χ0) is 11.9. The van der Waals surface area contributed by atoms with E-state index >= 15 is 0 Å². The molecular weight excluding hydrogens is 200 g/mol. The van der Waals surface area contributed by atoms with Crippen LogP contribution in [0.4, 0.5) is 0 Å². The third kappa shape index (κ3) is 5.83. The maximum absolute atomic E-state index is 5.62. The second-order valence-corrected chi connectivity index (χ2v) is 5.41. The number of rotatable bonds is 6. The molecule has 96 valence electrons. The molecule has 0 spiro atoms. The molecule has 0 bridgehead atoms. The van der Waals surface area contributed by atoms with E-state index in [4.69, 9.17) is 4.74 Å². The summed E-state index contributed by atoms with van der Waals surface area (Å²) in [6, 6.07) is 0. The lowest BCUT2D eigenvalue weighted by molar-refractivity contribution is 0.0967. The van der Waals surface area contributed by atoms with Crippen LogP contribution in [0.1, 0.15) is 40.0 Å². The Labute approximate surface area is 101 Å². The molecule has 1 N–H and O–H groups in total. The van der Waals surface area contributed by atoms with Gasteiger partial charge in [0.15, 0.2) is 0 Å². The van der Waals surface area contributed by atoms with Crippen LogP contribution in [0.5, 0.6) is 0 Å². The van der Waals surface area contributed by atoms with E-state index in [-0.39, 0.29) is 5.54 Å². The number of hydrogen-bond acceptors (Lipinski definition) is 3. The maximum Gasteiger partial charge on any atom is 0.0593 e. The fraction of sp³-hybridized carbons (Fsp3) is 1.00. The molecular formula is C13H28N2O. The second kappa shape index (κ2) is 7.25. The average Bonchev–Trinajstić information content (AvgIpc) is 2.39. The van der Waals surface area contributed by atoms with Crippen LogP contribution in [0, 0.1) is 0 Å². The molecule has 16 heavy (non-hydrogen) atoms. The van der Waals surface area contributed by atoms with Crippen molar-refractivity contribution in [1.29, 1.82) is 0 Å². The van der Waals surface area contributed by atoms with E-state index in [0.717, 1.165) is 32.8 Å². The van der Waals surface area contributed by atoms with Crippen LogP contribution in [0.25, 0.3) is 0 Å². The van der Waals surface area contributed by atoms with E-state index in [1.807, 2.05) is 0 Å². The summed E-state index contributed by atoms with van der Waals surface area (Å²) < 4.78 is 5.62. The molecule has 0 amide bonds. The van der Waals surface area contributed by atoms with Crippen LogP contribution < -0.4 is 5.32 Å². The highest BCUT2D eigenvalue weighted by Crippen LogP contribution is 2.09. The molecule has 1 fully saturated rings. The Bertz CT molecular complexity index is 183. The Kier molecular flexibility index (Phi) is 6.32. The van der Waals surface area contributed by atoms with Gasteiger partial charge in [-0.25, -0.2) is 0 Å². The van der Waals surface area contributed by atoms with Crippen molar-refractivity contribution in [1.82, 2.24) is 10.2 Å². The predicted octanol–water partition coefficient (Wildman–Crippen LogP) is 1.88. The molecule has 1 rings (SSSR count). The van der Waals surface area contributed by atoms with Crippen molar-refractivity contribution in [3.05, 3.63) is 0 Å². The van der Waals surface area contributed by atoms with Gasteiger partial charge in [-0.05, 0) is 39.8 Å². The third-order valence-electron chi connectivity index (χ3n) is 3.07. The van der Waals surface area contributed by atoms with Gasteiger partial charge in [0.2, 0.25) is 0 Å². The highest BCUT2D eigenvalue weighted by molar-refractivity contribution is 4.84. The van der Waals surface area contributed by atoms with Crippen molar-refractivity contribution >= 4 is 0 Å². The maximum atomic E-state index is 5.62. The van der Waals surface area contributed by atoms with Crippen LogP contribution in [0.15, 0.2) is 0 Å². The predicted molar refractivity (Wildman–Crippen MR) is 68.9 cm³/mol. The van der Waals surface area contributed by atoms with Crippen molar-refractivity contribution in [2.45, 2.75) is 45.6 Å². The fourth-order valence-electron chi connectivity index (χ4n) is 2.16. The summed E-state index contributed by atoms with van der Waals surface area (Å²) in [7, 11) is 0. The molecule has 0 radical (unpaired) electrons. The third-order valence-corrected chi connectivity index (χ3v) is 3.07. The van der Waals surface area contributed by atoms with Crippen LogP contribution in [-0.4, -0.2) is 49.8 Å². The van der Waals surface area contributed by atoms with Crippen molar-refractivity contribution in [3.63, 3.8) is 0 Å². The molecule has 0 aromatic rings. The minimum Gasteiger partial charge on any atom is -0.380 e. The van der Waals surface area contributed by atoms with Gasteiger partial charge in [-0.3, -0.25) is 4.90 Å². The molecule has 1 heterocycles. The van der Waals surface area contributed by atoms with Crippen molar-refractivity contribution in [2.75, 3.05) is 39.4 Å². The van der Waals surface area contributed by atoms with E-state index in [0.29, 0.717) is 0 Å². The Morgan fingerprint density at radius 3 is 2.88 bits per heavy atom. The molecule has 0 saturated carbocycles. The van der Waals surface area contributed by atoms with Gasteiger partial charge in [-0.2, -0.15) is 0 Å². The molecule has 1 aliphatic rings. The van der Waals surface area contributed by atoms with Crippen molar-refractivity contribution in [2.24, 2.45) is 0 Å². The number of unbranched alkanes of at least 4 members (excludes halogenated alkanes) is 1. The lowest BCUT2D eigenvalue weighted by Crippen LogP contribution is -2.47. The molecule has 3 heteroatoms. The summed E-state index contributed by atoms with van der Waals surface area (Å²) in [5.74, 6) is 0. The van der Waals surface area contributed by atoms with E-state index < -0.39 is 0 Å². The Morgan fingerprint density at radius 2 is 2.12 bits per heavy atom. The zero-order valence-electron chi connectivity index (χ0n) is 11.2. The van der Waals surface area contributed by atoms with Gasteiger partial charge in [0.05, 0.1) is 6.61 Å². The minimum atomic E-state index is 0.250. The lowest BCUT2D eigenvalue weighted by Gasteiger charge is -2.29. The monoisotopic (exact) mass is 228 g/mol. The van der Waals surface area contributed by atoms with E-state index in [9.17, 15) is 0 Å². The van der Waals surface area contributed by atoms with Crippen molar-refractivity contribution in [3.8, 4) is 0 Å². The number of nitrogens with one attached hydrogen (secondary N) is 1. The first-order valence-corrected chi connectivity index (χ1v) is 6.69. The molecule has 1 saturated heterocycles. The number of hydrogen-bond donors (Lipinski definition) is 1. The summed E-state index contributed by atoms with van der Waals surface area (Å²) in [5.41, 5.74) is 0.250. The van der Waals surface area contributed by atoms with Gasteiger partial charge in [0, 0.05) is 25.2 Å². The molecule has 0 aromatic heterocycles. The summed E-state index contributed by atoms with van der Waals surface area (Å²) in [6.07, 6.45) is 3.66. The summed E-state index contributed by atoms with van der Waals surface area (Å²) in [4.78, 5) is 2.52.